The van der Waals surface area contributed by atoms with Crippen molar-refractivity contribution in [2.75, 3.05) is 11.1 Å². The van der Waals surface area contributed by atoms with Gasteiger partial charge in [-0.15, -0.1) is 0 Å². The summed E-state index contributed by atoms with van der Waals surface area (Å²) < 4.78 is 26.4. The molecule has 3 aromatic carbocycles. The van der Waals surface area contributed by atoms with Gasteiger partial charge in [0.1, 0.15) is 0 Å². The summed E-state index contributed by atoms with van der Waals surface area (Å²) >= 11 is 5.38. The third-order valence-corrected chi connectivity index (χ3v) is 8.26. The number of sulfonamides is 1. The maximum absolute atomic E-state index is 13.6. The third-order valence-electron chi connectivity index (χ3n) is 4.95. The Morgan fingerprint density at radius 3 is 2.37 bits per heavy atom. The number of aromatic nitrogens is 2. The van der Waals surface area contributed by atoms with E-state index in [0.717, 1.165) is 24.5 Å². The highest BCUT2D eigenvalue weighted by Crippen LogP contribution is 2.26. The second-order valence-electron chi connectivity index (χ2n) is 7.56. The number of nitrogens with one attached hydrogen (secondary N) is 1. The van der Waals surface area contributed by atoms with E-state index in [0.29, 0.717) is 27.4 Å². The van der Waals surface area contributed by atoms with Crippen molar-refractivity contribution in [2.45, 2.75) is 17.0 Å². The normalized spacial score (nSPS) is 11.5. The van der Waals surface area contributed by atoms with Gasteiger partial charge in [0.2, 0.25) is 15.9 Å². The molecule has 4 aromatic rings. The number of thioether (sulfide) groups is 1. The Balaban J connectivity index is 1.75. The van der Waals surface area contributed by atoms with Crippen molar-refractivity contribution < 1.29 is 13.2 Å². The highest BCUT2D eigenvalue weighted by atomic mass is 127. The molecular formula is C23H18I2N4O4S2. The molecule has 0 saturated heterocycles. The van der Waals surface area contributed by atoms with Gasteiger partial charge in [0, 0.05) is 12.8 Å². The second-order valence-corrected chi connectivity index (χ2v) is 12.5. The number of anilines is 1. The quantitative estimate of drug-likeness (QED) is 0.174. The van der Waals surface area contributed by atoms with Crippen molar-refractivity contribution in [3.05, 3.63) is 83.7 Å². The molecule has 0 saturated carbocycles. The standard InChI is InChI=1S/C23H18I2N4O4S2/c1-13-2-4-15(5-3-13)27-20(30)12-34-23-28-21-18(10-14(24)11-19(21)25)22(31)29(23)16-6-8-17(9-7-16)35(26,32)33/h2-11H,12H2,1H3,(H,27,30)(H2,26,32,33). The van der Waals surface area contributed by atoms with Gasteiger partial charge in [-0.3, -0.25) is 14.2 Å². The summed E-state index contributed by atoms with van der Waals surface area (Å²) in [5, 5.41) is 8.77. The summed E-state index contributed by atoms with van der Waals surface area (Å²) in [5.74, 6) is -0.233. The molecule has 1 aromatic heterocycles. The van der Waals surface area contributed by atoms with Gasteiger partial charge in [0.05, 0.1) is 27.2 Å². The Kier molecular flexibility index (Phi) is 7.85. The number of carbonyl (C=O) groups excluding carboxylic acids is 1. The monoisotopic (exact) mass is 732 g/mol. The van der Waals surface area contributed by atoms with Gasteiger partial charge in [0.25, 0.3) is 5.56 Å². The Bertz CT molecular complexity index is 1600. The highest BCUT2D eigenvalue weighted by molar-refractivity contribution is 14.1. The van der Waals surface area contributed by atoms with Crippen LogP contribution in [0.4, 0.5) is 5.69 Å². The van der Waals surface area contributed by atoms with Crippen molar-refractivity contribution in [2.24, 2.45) is 5.14 Å². The van der Waals surface area contributed by atoms with Gasteiger partial charge in [0.15, 0.2) is 5.16 Å². The van der Waals surface area contributed by atoms with E-state index in [-0.39, 0.29) is 22.1 Å². The zero-order chi connectivity index (χ0) is 25.3. The molecule has 1 heterocycles. The molecule has 8 nitrogen and oxygen atoms in total. The van der Waals surface area contributed by atoms with E-state index in [1.165, 1.54) is 28.8 Å². The van der Waals surface area contributed by atoms with Crippen LogP contribution < -0.4 is 16.0 Å². The van der Waals surface area contributed by atoms with Gasteiger partial charge >= 0.3 is 0 Å². The van der Waals surface area contributed by atoms with Crippen LogP contribution in [0, 0.1) is 14.1 Å². The fourth-order valence-corrected chi connectivity index (χ4v) is 6.56. The first-order chi connectivity index (χ1) is 16.5. The predicted octanol–water partition coefficient (Wildman–Crippen LogP) is 4.28. The van der Waals surface area contributed by atoms with Crippen LogP contribution in [0.25, 0.3) is 16.6 Å². The van der Waals surface area contributed by atoms with Crippen LogP contribution in [0.2, 0.25) is 0 Å². The molecule has 0 spiro atoms. The van der Waals surface area contributed by atoms with Crippen LogP contribution in [-0.2, 0) is 14.8 Å². The summed E-state index contributed by atoms with van der Waals surface area (Å²) in [5.41, 5.74) is 2.38. The van der Waals surface area contributed by atoms with Gasteiger partial charge in [-0.25, -0.2) is 18.5 Å². The lowest BCUT2D eigenvalue weighted by atomic mass is 10.2. The number of rotatable bonds is 6. The minimum Gasteiger partial charge on any atom is -0.325 e. The average Bonchev–Trinajstić information content (AvgIpc) is 2.79. The highest BCUT2D eigenvalue weighted by Gasteiger charge is 2.18. The number of aryl methyl sites for hydroxylation is 1. The summed E-state index contributed by atoms with van der Waals surface area (Å²) in [6, 6.07) is 16.8. The topological polar surface area (TPSA) is 124 Å². The first kappa shape index (κ1) is 26.1. The number of hydrogen-bond acceptors (Lipinski definition) is 6. The maximum Gasteiger partial charge on any atom is 0.266 e. The van der Waals surface area contributed by atoms with E-state index in [1.54, 1.807) is 6.07 Å². The fraction of sp³-hybridized carbons (Fsp3) is 0.0870. The molecule has 12 heteroatoms. The van der Waals surface area contributed by atoms with Crippen LogP contribution in [-0.4, -0.2) is 29.6 Å². The molecule has 0 aliphatic heterocycles. The lowest BCUT2D eigenvalue weighted by Gasteiger charge is -2.14. The van der Waals surface area contributed by atoms with Gasteiger partial charge < -0.3 is 5.32 Å². The molecule has 0 aliphatic rings. The van der Waals surface area contributed by atoms with Crippen molar-refractivity contribution in [3.63, 3.8) is 0 Å². The van der Waals surface area contributed by atoms with E-state index in [2.05, 4.69) is 50.5 Å². The van der Waals surface area contributed by atoms with Crippen molar-refractivity contribution >= 4 is 89.5 Å². The Morgan fingerprint density at radius 1 is 1.09 bits per heavy atom. The lowest BCUT2D eigenvalue weighted by Crippen LogP contribution is -2.23. The summed E-state index contributed by atoms with van der Waals surface area (Å²) in [6.45, 7) is 1.96. The Morgan fingerprint density at radius 2 is 1.74 bits per heavy atom. The Labute approximate surface area is 233 Å². The summed E-state index contributed by atoms with van der Waals surface area (Å²) in [6.07, 6.45) is 0. The number of amides is 1. The average molecular weight is 732 g/mol. The lowest BCUT2D eigenvalue weighted by molar-refractivity contribution is -0.113. The van der Waals surface area contributed by atoms with E-state index >= 15 is 0 Å². The van der Waals surface area contributed by atoms with Crippen LogP contribution in [0.1, 0.15) is 5.56 Å². The van der Waals surface area contributed by atoms with Crippen molar-refractivity contribution in [1.82, 2.24) is 9.55 Å². The number of hydrogen-bond donors (Lipinski definition) is 2. The zero-order valence-corrected chi connectivity index (χ0v) is 24.1. The molecule has 0 bridgehead atoms. The van der Waals surface area contributed by atoms with Gasteiger partial charge in [-0.2, -0.15) is 0 Å². The molecule has 0 aliphatic carbocycles. The molecule has 0 fully saturated rings. The smallest absolute Gasteiger partial charge is 0.266 e. The SMILES string of the molecule is Cc1ccc(NC(=O)CSc2nc3c(I)cc(I)cc3c(=O)n2-c2ccc(S(N)(=O)=O)cc2)cc1. The van der Waals surface area contributed by atoms with Crippen molar-refractivity contribution in [3.8, 4) is 5.69 Å². The van der Waals surface area contributed by atoms with Crippen LogP contribution in [0.3, 0.4) is 0 Å². The minimum atomic E-state index is -3.89. The van der Waals surface area contributed by atoms with E-state index in [9.17, 15) is 18.0 Å². The first-order valence-electron chi connectivity index (χ1n) is 10.1. The molecule has 4 rings (SSSR count). The number of primary sulfonamides is 1. The number of nitrogens with two attached hydrogens (primary N) is 1. The largest absolute Gasteiger partial charge is 0.325 e. The molecule has 180 valence electrons. The van der Waals surface area contributed by atoms with Gasteiger partial charge in [-0.1, -0.05) is 29.5 Å². The minimum absolute atomic E-state index is 0.0159. The van der Waals surface area contributed by atoms with E-state index < -0.39 is 10.0 Å². The molecule has 0 atom stereocenters. The maximum atomic E-state index is 13.6. The van der Waals surface area contributed by atoms with E-state index in [4.69, 9.17) is 10.1 Å². The van der Waals surface area contributed by atoms with Crippen LogP contribution in [0.5, 0.6) is 0 Å². The zero-order valence-electron chi connectivity index (χ0n) is 18.2. The molecule has 3 N–H and O–H groups in total. The van der Waals surface area contributed by atoms with Crippen LogP contribution >= 0.6 is 56.9 Å². The number of nitrogens with zero attached hydrogens (tertiary/aromatic N) is 2. The van der Waals surface area contributed by atoms with Crippen LogP contribution in [0.15, 0.2) is 75.5 Å². The fourth-order valence-electron chi connectivity index (χ4n) is 3.27. The van der Waals surface area contributed by atoms with Gasteiger partial charge in [-0.05, 0) is 101 Å². The molecule has 35 heavy (non-hydrogen) atoms. The summed E-state index contributed by atoms with van der Waals surface area (Å²) in [4.78, 5) is 30.8. The number of carbonyl (C=O) groups is 1. The van der Waals surface area contributed by atoms with E-state index in [1.807, 2.05) is 37.3 Å². The molecule has 0 radical (unpaired) electrons. The summed E-state index contributed by atoms with van der Waals surface area (Å²) in [7, 11) is -3.89. The second kappa shape index (κ2) is 10.5. The first-order valence-corrected chi connectivity index (χ1v) is 14.8. The van der Waals surface area contributed by atoms with Crippen molar-refractivity contribution in [1.29, 1.82) is 0 Å². The third kappa shape index (κ3) is 6.04. The number of benzene rings is 3. The number of fused-ring (bicyclic) bond motifs is 1. The number of halogens is 2. The molecule has 0 unspecified atom stereocenters. The molecule has 1 amide bonds. The predicted molar refractivity (Wildman–Crippen MR) is 155 cm³/mol. The Hall–Kier alpha value is -2.01. The molecular weight excluding hydrogens is 714 g/mol.